The fourth-order valence-corrected chi connectivity index (χ4v) is 6.55. The number of primary amides is 1. The molecule has 2 saturated carbocycles. The number of phenols is 1. The molecule has 9 heteroatoms. The highest BCUT2D eigenvalue weighted by atomic mass is 35.5. The molecule has 37 heavy (non-hydrogen) atoms. The highest BCUT2D eigenvalue weighted by Gasteiger charge is 2.66. The van der Waals surface area contributed by atoms with Crippen molar-refractivity contribution < 1.29 is 34.2 Å². The molecule has 5 atom stereocenters. The van der Waals surface area contributed by atoms with E-state index in [2.05, 4.69) is 0 Å². The van der Waals surface area contributed by atoms with E-state index in [0.29, 0.717) is 21.7 Å². The Hall–Kier alpha value is -3.36. The molecule has 3 aliphatic carbocycles. The predicted octanol–water partition coefficient (Wildman–Crippen LogP) is 2.77. The Morgan fingerprint density at radius 2 is 1.73 bits per heavy atom. The van der Waals surface area contributed by atoms with Crippen LogP contribution >= 0.6 is 11.6 Å². The number of hydrogen-bond donors (Lipinski definition) is 3. The first-order valence-electron chi connectivity index (χ1n) is 12.2. The Morgan fingerprint density at radius 1 is 1.08 bits per heavy atom. The van der Waals surface area contributed by atoms with Crippen LogP contribution in [0.4, 0.5) is 0 Å². The first-order chi connectivity index (χ1) is 17.4. The summed E-state index contributed by atoms with van der Waals surface area (Å²) in [5, 5.41) is 23.2. The van der Waals surface area contributed by atoms with Crippen LogP contribution in [0.3, 0.4) is 0 Å². The monoisotopic (exact) mass is 523 g/mol. The first kappa shape index (κ1) is 25.3. The van der Waals surface area contributed by atoms with E-state index in [0.717, 1.165) is 5.56 Å². The second-order valence-corrected chi connectivity index (χ2v) is 11.1. The third-order valence-electron chi connectivity index (χ3n) is 8.21. The van der Waals surface area contributed by atoms with E-state index in [9.17, 15) is 34.2 Å². The maximum atomic E-state index is 13.9. The molecule has 0 bridgehead atoms. The first-order valence-corrected chi connectivity index (χ1v) is 12.6. The Bertz CT molecular complexity index is 1400. The molecule has 0 aromatic heterocycles. The summed E-state index contributed by atoms with van der Waals surface area (Å²) >= 11 is 6.02. The molecule has 2 unspecified atom stereocenters. The second-order valence-electron chi connectivity index (χ2n) is 10.6. The van der Waals surface area contributed by atoms with Crippen LogP contribution in [0, 0.1) is 23.7 Å². The van der Waals surface area contributed by atoms with Crippen molar-refractivity contribution >= 4 is 40.6 Å². The minimum Gasteiger partial charge on any atom is -0.507 e. The van der Waals surface area contributed by atoms with Gasteiger partial charge in [0.2, 0.25) is 5.91 Å². The minimum absolute atomic E-state index is 0.00131. The maximum Gasteiger partial charge on any atom is 0.235 e. The third kappa shape index (κ3) is 3.57. The Morgan fingerprint density at radius 3 is 2.32 bits per heavy atom. The lowest BCUT2D eigenvalue weighted by atomic mass is 9.53. The fraction of sp³-hybridized carbons (Fsp3) is 0.393. The topological polar surface area (TPSA) is 152 Å². The van der Waals surface area contributed by atoms with Gasteiger partial charge in [-0.2, -0.15) is 0 Å². The zero-order valence-electron chi connectivity index (χ0n) is 20.3. The Kier molecular flexibility index (Phi) is 5.88. The van der Waals surface area contributed by atoms with Gasteiger partial charge in [0, 0.05) is 22.9 Å². The van der Waals surface area contributed by atoms with Crippen LogP contribution in [0.2, 0.25) is 5.02 Å². The van der Waals surface area contributed by atoms with E-state index in [1.54, 1.807) is 24.3 Å². The molecule has 2 fully saturated rings. The van der Waals surface area contributed by atoms with Gasteiger partial charge < -0.3 is 15.9 Å². The quantitative estimate of drug-likeness (QED) is 0.523. The highest BCUT2D eigenvalue weighted by molar-refractivity contribution is 6.32. The number of benzene rings is 2. The Balaban J connectivity index is 1.65. The molecule has 0 aliphatic heterocycles. The van der Waals surface area contributed by atoms with Gasteiger partial charge in [0.1, 0.15) is 5.75 Å². The summed E-state index contributed by atoms with van der Waals surface area (Å²) in [5.41, 5.74) is 5.06. The smallest absolute Gasteiger partial charge is 0.235 e. The molecule has 1 amide bonds. The van der Waals surface area contributed by atoms with E-state index >= 15 is 0 Å². The van der Waals surface area contributed by atoms with E-state index < -0.39 is 58.3 Å². The molecule has 3 aliphatic rings. The van der Waals surface area contributed by atoms with Gasteiger partial charge in [-0.25, -0.2) is 0 Å². The number of phenolic OH excluding ortho intramolecular Hbond substituents is 1. The van der Waals surface area contributed by atoms with Crippen molar-refractivity contribution in [3.05, 3.63) is 52.0 Å². The molecule has 0 heterocycles. The van der Waals surface area contributed by atoms with Gasteiger partial charge in [0.05, 0.1) is 11.5 Å². The normalized spacial score (nSPS) is 29.1. The number of aliphatic hydroxyl groups is 1. The SMILES string of the molecule is CC(C)c1cc(-c2ccc(Cl)cc2)c(O)c2c1C[C@H]1C[C@H]3CC(=O)C(C(N)=O)C(=O)[C@@]3(O)C(=O)C1C2=O. The molecule has 0 saturated heterocycles. The molecule has 0 spiro atoms. The van der Waals surface area contributed by atoms with E-state index in [1.807, 2.05) is 19.9 Å². The van der Waals surface area contributed by atoms with Gasteiger partial charge in [0.25, 0.3) is 0 Å². The van der Waals surface area contributed by atoms with Gasteiger partial charge in [-0.3, -0.25) is 24.0 Å². The molecule has 4 N–H and O–H groups in total. The average molecular weight is 524 g/mol. The van der Waals surface area contributed by atoms with Crippen molar-refractivity contribution in [2.24, 2.45) is 29.4 Å². The third-order valence-corrected chi connectivity index (χ3v) is 8.47. The van der Waals surface area contributed by atoms with Crippen molar-refractivity contribution in [3.8, 4) is 16.9 Å². The average Bonchev–Trinajstić information content (AvgIpc) is 2.82. The summed E-state index contributed by atoms with van der Waals surface area (Å²) < 4.78 is 0. The van der Waals surface area contributed by atoms with Gasteiger partial charge >= 0.3 is 0 Å². The molecular formula is C28H26ClNO7. The van der Waals surface area contributed by atoms with E-state index in [1.165, 1.54) is 0 Å². The molecule has 192 valence electrons. The van der Waals surface area contributed by atoms with E-state index in [-0.39, 0.29) is 36.5 Å². The predicted molar refractivity (Wildman–Crippen MR) is 133 cm³/mol. The van der Waals surface area contributed by atoms with Crippen LogP contribution in [0.25, 0.3) is 11.1 Å². The van der Waals surface area contributed by atoms with Gasteiger partial charge in [-0.1, -0.05) is 37.6 Å². The maximum absolute atomic E-state index is 13.9. The van der Waals surface area contributed by atoms with Gasteiger partial charge in [-0.05, 0) is 59.6 Å². The summed E-state index contributed by atoms with van der Waals surface area (Å²) in [4.78, 5) is 65.0. The van der Waals surface area contributed by atoms with Crippen LogP contribution in [0.5, 0.6) is 5.75 Å². The number of fused-ring (bicyclic) bond motifs is 3. The zero-order chi connectivity index (χ0) is 27.0. The summed E-state index contributed by atoms with van der Waals surface area (Å²) in [7, 11) is 0. The van der Waals surface area contributed by atoms with Crippen LogP contribution in [0.15, 0.2) is 30.3 Å². The van der Waals surface area contributed by atoms with Crippen molar-refractivity contribution in [2.75, 3.05) is 0 Å². The van der Waals surface area contributed by atoms with Crippen LogP contribution in [-0.4, -0.2) is 44.9 Å². The van der Waals surface area contributed by atoms with Crippen LogP contribution in [-0.2, 0) is 25.6 Å². The van der Waals surface area contributed by atoms with Crippen molar-refractivity contribution in [2.45, 2.75) is 44.6 Å². The molecule has 5 rings (SSSR count). The molecule has 2 aromatic rings. The number of carbonyl (C=O) groups excluding carboxylic acids is 5. The summed E-state index contributed by atoms with van der Waals surface area (Å²) in [6, 6.07) is 8.58. The summed E-state index contributed by atoms with van der Waals surface area (Å²) in [6.07, 6.45) is -0.0322. The van der Waals surface area contributed by atoms with Crippen molar-refractivity contribution in [1.29, 1.82) is 0 Å². The highest BCUT2D eigenvalue weighted by Crippen LogP contribution is 2.52. The Labute approximate surface area is 217 Å². The lowest BCUT2D eigenvalue weighted by Crippen LogP contribution is -2.68. The lowest BCUT2D eigenvalue weighted by molar-refractivity contribution is -0.175. The summed E-state index contributed by atoms with van der Waals surface area (Å²) in [5.74, 6) is -10.2. The zero-order valence-corrected chi connectivity index (χ0v) is 21.0. The molecular weight excluding hydrogens is 498 g/mol. The standard InChI is InChI=1S/C28H26ClNO7/c1-11(2)16-10-17(12-3-5-15(29)6-4-12)23(32)21-18(16)8-13-7-14-9-19(31)22(27(30)36)26(35)28(14,37)25(34)20(13)24(21)33/h3-6,10-11,13-14,20,22,32,37H,7-9H2,1-2H3,(H2,30,36)/t13-,14+,20?,22?,28+/m1/s1. The van der Waals surface area contributed by atoms with Gasteiger partial charge in [-0.15, -0.1) is 0 Å². The van der Waals surface area contributed by atoms with Crippen LogP contribution in [0.1, 0.15) is 54.1 Å². The number of rotatable bonds is 3. The van der Waals surface area contributed by atoms with Crippen molar-refractivity contribution in [1.82, 2.24) is 0 Å². The van der Waals surface area contributed by atoms with Crippen molar-refractivity contribution in [3.63, 3.8) is 0 Å². The number of halogens is 1. The molecule has 8 nitrogen and oxygen atoms in total. The number of carbonyl (C=O) groups is 5. The minimum atomic E-state index is -2.66. The van der Waals surface area contributed by atoms with Crippen LogP contribution < -0.4 is 5.73 Å². The fourth-order valence-electron chi connectivity index (χ4n) is 6.43. The molecule has 0 radical (unpaired) electrons. The summed E-state index contributed by atoms with van der Waals surface area (Å²) in [6.45, 7) is 3.92. The van der Waals surface area contributed by atoms with E-state index in [4.69, 9.17) is 17.3 Å². The molecule has 2 aromatic carbocycles. The number of amides is 1. The number of aromatic hydroxyl groups is 1. The number of nitrogens with two attached hydrogens (primary N) is 1. The number of hydrogen-bond acceptors (Lipinski definition) is 7. The largest absolute Gasteiger partial charge is 0.507 e. The lowest BCUT2D eigenvalue weighted by Gasteiger charge is -2.48. The number of Topliss-reactive ketones (excluding diaryl/α,β-unsaturated/α-hetero) is 4. The number of ketones is 4. The second kappa shape index (κ2) is 8.60. The van der Waals surface area contributed by atoms with Gasteiger partial charge in [0.15, 0.2) is 34.7 Å².